The Morgan fingerprint density at radius 2 is 1.83 bits per heavy atom. The number of hydrogen-bond donors (Lipinski definition) is 2. The van der Waals surface area contributed by atoms with Crippen molar-refractivity contribution >= 4 is 35.2 Å². The molecular formula is C27H29ClN4O4. The van der Waals surface area contributed by atoms with Gasteiger partial charge in [-0.25, -0.2) is 4.79 Å². The van der Waals surface area contributed by atoms with Crippen molar-refractivity contribution in [1.29, 1.82) is 5.26 Å². The summed E-state index contributed by atoms with van der Waals surface area (Å²) in [7, 11) is 0. The molecule has 0 aliphatic heterocycles. The highest BCUT2D eigenvalue weighted by Crippen LogP contribution is 2.30. The fraction of sp³-hybridized carbons (Fsp3) is 0.333. The van der Waals surface area contributed by atoms with Gasteiger partial charge < -0.3 is 20.3 Å². The monoisotopic (exact) mass is 508 g/mol. The molecule has 2 rings (SSSR count). The number of benzene rings is 2. The smallest absolute Gasteiger partial charge is 0.408 e. The molecular weight excluding hydrogens is 480 g/mol. The predicted octanol–water partition coefficient (Wildman–Crippen LogP) is 4.57. The largest absolute Gasteiger partial charge is 0.444 e. The minimum atomic E-state index is -1.29. The summed E-state index contributed by atoms with van der Waals surface area (Å²) in [4.78, 5) is 40.5. The third kappa shape index (κ3) is 7.24. The van der Waals surface area contributed by atoms with Crippen LogP contribution in [0.25, 0.3) is 0 Å². The van der Waals surface area contributed by atoms with E-state index < -0.39 is 42.1 Å². The van der Waals surface area contributed by atoms with Crippen LogP contribution in [0.5, 0.6) is 0 Å². The number of amides is 3. The maximum atomic E-state index is 13.7. The Balaban J connectivity index is 2.52. The lowest BCUT2D eigenvalue weighted by Crippen LogP contribution is -2.51. The van der Waals surface area contributed by atoms with Crippen LogP contribution in [-0.4, -0.2) is 41.0 Å². The zero-order valence-electron chi connectivity index (χ0n) is 20.9. The summed E-state index contributed by atoms with van der Waals surface area (Å²) in [6, 6.07) is 11.3. The first-order valence-electron chi connectivity index (χ1n) is 11.2. The van der Waals surface area contributed by atoms with Crippen molar-refractivity contribution in [1.82, 2.24) is 10.2 Å². The van der Waals surface area contributed by atoms with Crippen LogP contribution in [0.2, 0.25) is 5.02 Å². The van der Waals surface area contributed by atoms with Gasteiger partial charge >= 0.3 is 6.09 Å². The highest BCUT2D eigenvalue weighted by molar-refractivity contribution is 6.34. The van der Waals surface area contributed by atoms with Gasteiger partial charge in [-0.1, -0.05) is 47.9 Å². The van der Waals surface area contributed by atoms with E-state index in [9.17, 15) is 19.6 Å². The number of ether oxygens (including phenoxy) is 1. The Hall–Kier alpha value is -4.01. The van der Waals surface area contributed by atoms with Gasteiger partial charge in [-0.3, -0.25) is 9.59 Å². The van der Waals surface area contributed by atoms with E-state index in [1.165, 1.54) is 6.92 Å². The molecule has 0 radical (unpaired) electrons. The summed E-state index contributed by atoms with van der Waals surface area (Å²) in [5.74, 6) is 1.23. The third-order valence-electron chi connectivity index (χ3n) is 5.07. The van der Waals surface area contributed by atoms with Crippen LogP contribution in [0.4, 0.5) is 10.5 Å². The number of halogens is 1. The first-order valence-corrected chi connectivity index (χ1v) is 11.6. The predicted molar refractivity (Wildman–Crippen MR) is 138 cm³/mol. The lowest BCUT2D eigenvalue weighted by atomic mass is 9.97. The molecule has 0 fully saturated rings. The number of nitriles is 1. The van der Waals surface area contributed by atoms with Crippen molar-refractivity contribution in [3.05, 3.63) is 64.2 Å². The Labute approximate surface area is 216 Å². The van der Waals surface area contributed by atoms with Crippen molar-refractivity contribution in [2.24, 2.45) is 0 Å². The van der Waals surface area contributed by atoms with Gasteiger partial charge in [0.15, 0.2) is 0 Å². The number of nitrogens with zero attached hydrogens (tertiary/aromatic N) is 2. The highest BCUT2D eigenvalue weighted by Gasteiger charge is 2.36. The number of nitrogens with one attached hydrogen (secondary N) is 2. The van der Waals surface area contributed by atoms with Crippen LogP contribution < -0.4 is 10.6 Å². The Morgan fingerprint density at radius 3 is 2.42 bits per heavy atom. The summed E-state index contributed by atoms with van der Waals surface area (Å²) in [5.41, 5.74) is 1.02. The lowest BCUT2D eigenvalue weighted by Gasteiger charge is -2.32. The number of carbonyl (C=O) groups excluding carboxylic acids is 3. The Bertz CT molecular complexity index is 1200. The molecule has 0 spiro atoms. The molecule has 0 aliphatic carbocycles. The number of anilines is 1. The van der Waals surface area contributed by atoms with Crippen molar-refractivity contribution in [2.45, 2.75) is 52.3 Å². The summed E-state index contributed by atoms with van der Waals surface area (Å²) < 4.78 is 5.23. The van der Waals surface area contributed by atoms with Crippen LogP contribution in [0.3, 0.4) is 0 Å². The molecule has 8 nitrogen and oxygen atoms in total. The first-order chi connectivity index (χ1) is 16.9. The number of alkyl carbamates (subject to hydrolysis) is 1. The van der Waals surface area contributed by atoms with Gasteiger partial charge in [-0.2, -0.15) is 5.26 Å². The average molecular weight is 509 g/mol. The summed E-state index contributed by atoms with van der Waals surface area (Å²) in [6.45, 7) is 7.84. The number of rotatable bonds is 7. The van der Waals surface area contributed by atoms with Gasteiger partial charge in [0.05, 0.1) is 16.8 Å². The Morgan fingerprint density at radius 1 is 1.17 bits per heavy atom. The van der Waals surface area contributed by atoms with E-state index in [-0.39, 0.29) is 0 Å². The second-order valence-electron chi connectivity index (χ2n) is 9.05. The molecule has 2 aromatic carbocycles. The van der Waals surface area contributed by atoms with Crippen molar-refractivity contribution < 1.29 is 19.1 Å². The molecule has 9 heteroatoms. The van der Waals surface area contributed by atoms with Gasteiger partial charge in [-0.15, -0.1) is 6.42 Å². The van der Waals surface area contributed by atoms with Gasteiger partial charge in [0.1, 0.15) is 24.2 Å². The lowest BCUT2D eigenvalue weighted by molar-refractivity contribution is -0.139. The molecule has 36 heavy (non-hydrogen) atoms. The zero-order chi connectivity index (χ0) is 27.0. The minimum Gasteiger partial charge on any atom is -0.444 e. The summed E-state index contributed by atoms with van der Waals surface area (Å²) in [5, 5.41) is 15.1. The fourth-order valence-electron chi connectivity index (χ4n) is 3.47. The number of carbonyl (C=O) groups is 3. The van der Waals surface area contributed by atoms with Crippen LogP contribution in [-0.2, 0) is 14.3 Å². The van der Waals surface area contributed by atoms with E-state index in [0.29, 0.717) is 27.4 Å². The fourth-order valence-corrected chi connectivity index (χ4v) is 3.74. The minimum absolute atomic E-state index is 0.311. The maximum absolute atomic E-state index is 13.7. The van der Waals surface area contributed by atoms with Crippen molar-refractivity contribution in [3.63, 3.8) is 0 Å². The van der Waals surface area contributed by atoms with E-state index in [4.69, 9.17) is 22.8 Å². The zero-order valence-corrected chi connectivity index (χ0v) is 21.6. The molecule has 0 saturated heterocycles. The van der Waals surface area contributed by atoms with E-state index in [0.717, 1.165) is 4.90 Å². The number of hydrogen-bond acceptors (Lipinski definition) is 5. The molecule has 0 aromatic heterocycles. The molecule has 188 valence electrons. The van der Waals surface area contributed by atoms with E-state index >= 15 is 0 Å². The molecule has 0 bridgehead atoms. The Kier molecular flexibility index (Phi) is 9.49. The van der Waals surface area contributed by atoms with Crippen LogP contribution >= 0.6 is 11.6 Å². The molecule has 0 saturated carbocycles. The molecule has 2 N–H and O–H groups in total. The topological polar surface area (TPSA) is 112 Å². The summed E-state index contributed by atoms with van der Waals surface area (Å²) in [6.07, 6.45) is 4.87. The highest BCUT2D eigenvalue weighted by atomic mass is 35.5. The molecule has 2 atom stereocenters. The van der Waals surface area contributed by atoms with Crippen molar-refractivity contribution in [3.8, 4) is 18.4 Å². The van der Waals surface area contributed by atoms with E-state index in [2.05, 4.69) is 16.6 Å². The SMILES string of the molecule is C#Cc1ccccc1C(C(=O)Nc1c(C)cccc1Cl)N(CC#N)C(=O)C(C)NC(=O)OC(C)(C)C. The summed E-state index contributed by atoms with van der Waals surface area (Å²) >= 11 is 6.31. The van der Waals surface area contributed by atoms with E-state index in [1.54, 1.807) is 70.2 Å². The van der Waals surface area contributed by atoms with E-state index in [1.807, 2.05) is 6.07 Å². The second-order valence-corrected chi connectivity index (χ2v) is 9.45. The van der Waals surface area contributed by atoms with Gasteiger partial charge in [0, 0.05) is 5.56 Å². The first kappa shape index (κ1) is 28.2. The molecule has 0 heterocycles. The third-order valence-corrected chi connectivity index (χ3v) is 5.38. The molecule has 3 amide bonds. The molecule has 2 unspecified atom stereocenters. The number of para-hydroxylation sites is 1. The maximum Gasteiger partial charge on any atom is 0.408 e. The van der Waals surface area contributed by atoms with Gasteiger partial charge in [-0.05, 0) is 57.9 Å². The van der Waals surface area contributed by atoms with Crippen LogP contribution in [0.1, 0.15) is 50.4 Å². The van der Waals surface area contributed by atoms with Crippen LogP contribution in [0.15, 0.2) is 42.5 Å². The average Bonchev–Trinajstić information content (AvgIpc) is 2.79. The number of aryl methyl sites for hydroxylation is 1. The van der Waals surface area contributed by atoms with Gasteiger partial charge in [0.25, 0.3) is 5.91 Å². The molecule has 0 aliphatic rings. The molecule has 2 aromatic rings. The standard InChI is InChI=1S/C27H29ClN4O4/c1-7-19-12-8-9-13-20(19)23(24(33)31-22-17(2)11-10-14-21(22)28)32(16-15-29)25(34)18(3)30-26(35)36-27(4,5)6/h1,8-14,18,23H,16H2,2-6H3,(H,30,35)(H,31,33). The van der Waals surface area contributed by atoms with Gasteiger partial charge in [0.2, 0.25) is 5.91 Å². The van der Waals surface area contributed by atoms with Crippen molar-refractivity contribution in [2.75, 3.05) is 11.9 Å². The normalized spacial score (nSPS) is 12.3. The number of terminal acetylenes is 1. The van der Waals surface area contributed by atoms with Crippen LogP contribution in [0, 0.1) is 30.6 Å². The quantitative estimate of drug-likeness (QED) is 0.420. The second kappa shape index (κ2) is 12.1.